The lowest BCUT2D eigenvalue weighted by molar-refractivity contribution is -0.698. The minimum atomic E-state index is -1.13. The molecular formula is C16H19N2O4+. The number of esters is 2. The fourth-order valence-electron chi connectivity index (χ4n) is 1.99. The average Bonchev–Trinajstić information content (AvgIpc) is 2.93. The van der Waals surface area contributed by atoms with Gasteiger partial charge >= 0.3 is 11.9 Å². The fourth-order valence-corrected chi connectivity index (χ4v) is 1.99. The molecule has 1 aromatic heterocycles. The first-order valence-corrected chi connectivity index (χ1v) is 7.01. The number of carbonyl (C=O) groups excluding carboxylic acids is 2. The van der Waals surface area contributed by atoms with Crippen LogP contribution in [0.2, 0.25) is 0 Å². The summed E-state index contributed by atoms with van der Waals surface area (Å²) in [6.07, 6.45) is 4.99. The number of nitrogens with zero attached hydrogens (tertiary/aromatic N) is 2. The molecule has 0 spiro atoms. The number of aryl methyl sites for hydroxylation is 1. The Kier molecular flexibility index (Phi) is 5.30. The Morgan fingerprint density at radius 1 is 1.18 bits per heavy atom. The Bertz CT molecular complexity index is 637. The van der Waals surface area contributed by atoms with Crippen LogP contribution in [0.1, 0.15) is 18.5 Å². The van der Waals surface area contributed by atoms with E-state index in [-0.39, 0.29) is 13.2 Å². The van der Waals surface area contributed by atoms with Gasteiger partial charge in [-0.3, -0.25) is 0 Å². The largest absolute Gasteiger partial charge is 0.462 e. The van der Waals surface area contributed by atoms with Crippen LogP contribution in [-0.4, -0.2) is 23.1 Å². The van der Waals surface area contributed by atoms with Crippen molar-refractivity contribution < 1.29 is 23.6 Å². The van der Waals surface area contributed by atoms with Gasteiger partial charge in [0.1, 0.15) is 19.0 Å². The third kappa shape index (κ3) is 3.94. The number of hydrogen-bond acceptors (Lipinski definition) is 4. The lowest BCUT2D eigenvalue weighted by Crippen LogP contribution is -2.48. The molecule has 2 rings (SSSR count). The molecule has 0 aliphatic heterocycles. The summed E-state index contributed by atoms with van der Waals surface area (Å²) in [6, 6.07) is 8.16. The van der Waals surface area contributed by atoms with Crippen molar-refractivity contribution in [2.75, 3.05) is 6.61 Å². The van der Waals surface area contributed by atoms with Gasteiger partial charge in [0.2, 0.25) is 6.33 Å². The Morgan fingerprint density at radius 3 is 2.45 bits per heavy atom. The van der Waals surface area contributed by atoms with Crippen molar-refractivity contribution >= 4 is 11.9 Å². The summed E-state index contributed by atoms with van der Waals surface area (Å²) in [4.78, 5) is 24.3. The van der Waals surface area contributed by atoms with Crippen molar-refractivity contribution in [1.29, 1.82) is 0 Å². The number of benzene rings is 1. The van der Waals surface area contributed by atoms with Crippen molar-refractivity contribution in [3.63, 3.8) is 0 Å². The van der Waals surface area contributed by atoms with Crippen molar-refractivity contribution in [3.05, 3.63) is 54.6 Å². The van der Waals surface area contributed by atoms with Gasteiger partial charge in [-0.2, -0.15) is 0 Å². The highest BCUT2D eigenvalue weighted by Crippen LogP contribution is 2.07. The predicted octanol–water partition coefficient (Wildman–Crippen LogP) is 1.16. The molecule has 6 nitrogen and oxygen atoms in total. The summed E-state index contributed by atoms with van der Waals surface area (Å²) < 4.78 is 13.4. The molecular weight excluding hydrogens is 284 g/mol. The number of hydrogen-bond donors (Lipinski definition) is 0. The van der Waals surface area contributed by atoms with E-state index in [9.17, 15) is 9.59 Å². The number of rotatable bonds is 6. The predicted molar refractivity (Wildman–Crippen MR) is 77.5 cm³/mol. The summed E-state index contributed by atoms with van der Waals surface area (Å²) in [5.74, 6) is -1.27. The van der Waals surface area contributed by atoms with Crippen LogP contribution < -0.4 is 4.57 Å². The molecule has 0 bridgehead atoms. The third-order valence-corrected chi connectivity index (χ3v) is 3.04. The second-order valence-corrected chi connectivity index (χ2v) is 4.77. The Labute approximate surface area is 128 Å². The summed E-state index contributed by atoms with van der Waals surface area (Å²) in [5, 5.41) is 0. The van der Waals surface area contributed by atoms with E-state index in [2.05, 4.69) is 0 Å². The maximum Gasteiger partial charge on any atom is 0.364 e. The van der Waals surface area contributed by atoms with Gasteiger partial charge in [0.05, 0.1) is 13.7 Å². The van der Waals surface area contributed by atoms with Crippen molar-refractivity contribution in [2.24, 2.45) is 7.05 Å². The van der Waals surface area contributed by atoms with E-state index in [0.29, 0.717) is 0 Å². The lowest BCUT2D eigenvalue weighted by atomic mass is 10.2. The Balaban J connectivity index is 2.10. The summed E-state index contributed by atoms with van der Waals surface area (Å²) in [7, 11) is 1.80. The molecule has 1 atom stereocenters. The quantitative estimate of drug-likeness (QED) is 0.456. The van der Waals surface area contributed by atoms with Gasteiger partial charge in [0, 0.05) is 0 Å². The molecule has 0 N–H and O–H groups in total. The standard InChI is InChI=1S/C16H19N2O4/c1-3-21-15(19)14(18-10-9-17(2)12-18)16(20)22-11-13-7-5-4-6-8-13/h4-10,12,14H,3,11H2,1-2H3/q+1/t14-/m0/s1. The van der Waals surface area contributed by atoms with Gasteiger partial charge < -0.3 is 9.47 Å². The minimum Gasteiger partial charge on any atom is -0.462 e. The van der Waals surface area contributed by atoms with Crippen LogP contribution in [0.25, 0.3) is 0 Å². The van der Waals surface area contributed by atoms with Crippen molar-refractivity contribution in [1.82, 2.24) is 4.57 Å². The topological polar surface area (TPSA) is 61.4 Å². The molecule has 116 valence electrons. The molecule has 1 aromatic carbocycles. The van der Waals surface area contributed by atoms with E-state index >= 15 is 0 Å². The first kappa shape index (κ1) is 15.8. The molecule has 0 aliphatic rings. The minimum absolute atomic E-state index is 0.114. The second-order valence-electron chi connectivity index (χ2n) is 4.77. The van der Waals surface area contributed by atoms with Gasteiger partial charge in [-0.05, 0) is 12.5 Å². The molecule has 22 heavy (non-hydrogen) atoms. The highest BCUT2D eigenvalue weighted by atomic mass is 16.6. The normalized spacial score (nSPS) is 11.7. The van der Waals surface area contributed by atoms with E-state index in [1.165, 1.54) is 4.57 Å². The van der Waals surface area contributed by atoms with Gasteiger partial charge in [0.15, 0.2) is 0 Å². The lowest BCUT2D eigenvalue weighted by Gasteiger charge is -2.12. The highest BCUT2D eigenvalue weighted by molar-refractivity contribution is 5.95. The van der Waals surface area contributed by atoms with E-state index in [1.54, 1.807) is 37.3 Å². The van der Waals surface area contributed by atoms with E-state index in [4.69, 9.17) is 9.47 Å². The summed E-state index contributed by atoms with van der Waals surface area (Å²) >= 11 is 0. The van der Waals surface area contributed by atoms with Crippen LogP contribution in [-0.2, 0) is 32.7 Å². The van der Waals surface area contributed by atoms with Gasteiger partial charge in [-0.15, -0.1) is 0 Å². The number of ether oxygens (including phenoxy) is 2. The molecule has 0 aliphatic carbocycles. The van der Waals surface area contributed by atoms with Crippen LogP contribution in [0.15, 0.2) is 49.1 Å². The van der Waals surface area contributed by atoms with E-state index in [1.807, 2.05) is 30.3 Å². The fraction of sp³-hybridized carbons (Fsp3) is 0.312. The molecule has 0 fully saturated rings. The number of imidazole rings is 1. The first-order valence-electron chi connectivity index (χ1n) is 7.01. The maximum absolute atomic E-state index is 12.3. The van der Waals surface area contributed by atoms with Crippen LogP contribution >= 0.6 is 0 Å². The summed E-state index contributed by atoms with van der Waals surface area (Å²) in [5.41, 5.74) is 0.858. The molecule has 1 heterocycles. The zero-order valence-corrected chi connectivity index (χ0v) is 12.6. The molecule has 0 amide bonds. The average molecular weight is 303 g/mol. The third-order valence-electron chi connectivity index (χ3n) is 3.04. The van der Waals surface area contributed by atoms with Crippen molar-refractivity contribution in [2.45, 2.75) is 19.6 Å². The Hall–Kier alpha value is -2.63. The number of aromatic nitrogens is 2. The van der Waals surface area contributed by atoms with E-state index in [0.717, 1.165) is 5.56 Å². The molecule has 0 saturated carbocycles. The van der Waals surface area contributed by atoms with Gasteiger partial charge in [-0.1, -0.05) is 30.3 Å². The second kappa shape index (κ2) is 7.40. The SMILES string of the molecule is CCOC(=O)[C@@H](C(=O)OCc1ccccc1)[n+]1ccn(C)c1. The number of carbonyl (C=O) groups is 2. The molecule has 0 radical (unpaired) electrons. The van der Waals surface area contributed by atoms with Gasteiger partial charge in [-0.25, -0.2) is 18.7 Å². The van der Waals surface area contributed by atoms with Crippen LogP contribution in [0.4, 0.5) is 0 Å². The monoisotopic (exact) mass is 303 g/mol. The van der Waals surface area contributed by atoms with Crippen LogP contribution in [0.3, 0.4) is 0 Å². The summed E-state index contributed by atoms with van der Waals surface area (Å²) in [6.45, 7) is 2.01. The Morgan fingerprint density at radius 2 is 1.86 bits per heavy atom. The molecule has 0 saturated heterocycles. The molecule has 0 unspecified atom stereocenters. The molecule has 6 heteroatoms. The van der Waals surface area contributed by atoms with Crippen LogP contribution in [0.5, 0.6) is 0 Å². The molecule has 2 aromatic rings. The zero-order chi connectivity index (χ0) is 15.9. The van der Waals surface area contributed by atoms with Crippen molar-refractivity contribution in [3.8, 4) is 0 Å². The van der Waals surface area contributed by atoms with Gasteiger partial charge in [0.25, 0.3) is 6.04 Å². The van der Waals surface area contributed by atoms with Crippen LogP contribution in [0, 0.1) is 0 Å². The van der Waals surface area contributed by atoms with E-state index < -0.39 is 18.0 Å². The first-order chi connectivity index (χ1) is 10.6. The highest BCUT2D eigenvalue weighted by Gasteiger charge is 2.36. The maximum atomic E-state index is 12.3. The smallest absolute Gasteiger partial charge is 0.364 e. The zero-order valence-electron chi connectivity index (χ0n) is 12.6.